The van der Waals surface area contributed by atoms with E-state index in [9.17, 15) is 14.9 Å². The number of hydrogen-bond acceptors (Lipinski definition) is 5. The Morgan fingerprint density at radius 3 is 2.63 bits per heavy atom. The predicted octanol–water partition coefficient (Wildman–Crippen LogP) is 2.13. The zero-order valence-electron chi connectivity index (χ0n) is 10.8. The SMILES string of the molecule is CCOC(=O)Cc1ccc([N+](=O)[O-])c(CC)c1C#N. The highest BCUT2D eigenvalue weighted by Crippen LogP contribution is 2.26. The fraction of sp³-hybridized carbons (Fsp3) is 0.385. The third-order valence-electron chi connectivity index (χ3n) is 2.68. The van der Waals surface area contributed by atoms with Gasteiger partial charge in [-0.05, 0) is 18.9 Å². The number of carbonyl (C=O) groups excluding carboxylic acids is 1. The van der Waals surface area contributed by atoms with Crippen LogP contribution in [0.2, 0.25) is 0 Å². The number of nitriles is 1. The van der Waals surface area contributed by atoms with E-state index >= 15 is 0 Å². The lowest BCUT2D eigenvalue weighted by Crippen LogP contribution is -2.10. The van der Waals surface area contributed by atoms with Gasteiger partial charge in [0.1, 0.15) is 0 Å². The van der Waals surface area contributed by atoms with Crippen molar-refractivity contribution in [2.45, 2.75) is 26.7 Å². The van der Waals surface area contributed by atoms with Crippen LogP contribution in [0.3, 0.4) is 0 Å². The summed E-state index contributed by atoms with van der Waals surface area (Å²) in [6.07, 6.45) is 0.303. The van der Waals surface area contributed by atoms with Gasteiger partial charge in [0.2, 0.25) is 0 Å². The van der Waals surface area contributed by atoms with Crippen LogP contribution in [0, 0.1) is 21.4 Å². The van der Waals surface area contributed by atoms with E-state index in [0.717, 1.165) is 0 Å². The maximum atomic E-state index is 11.4. The molecule has 1 aromatic rings. The van der Waals surface area contributed by atoms with Crippen LogP contribution in [0.5, 0.6) is 0 Å². The summed E-state index contributed by atoms with van der Waals surface area (Å²) in [7, 11) is 0. The quantitative estimate of drug-likeness (QED) is 0.460. The molecule has 6 nitrogen and oxygen atoms in total. The topological polar surface area (TPSA) is 93.2 Å². The Hall–Kier alpha value is -2.42. The van der Waals surface area contributed by atoms with Crippen LogP contribution in [0.25, 0.3) is 0 Å². The third kappa shape index (κ3) is 3.28. The van der Waals surface area contributed by atoms with Crippen molar-refractivity contribution in [3.8, 4) is 6.07 Å². The second kappa shape index (κ2) is 6.50. The number of nitro groups is 1. The van der Waals surface area contributed by atoms with Crippen molar-refractivity contribution in [3.05, 3.63) is 38.9 Å². The number of ether oxygens (including phenoxy) is 1. The Balaban J connectivity index is 3.25. The second-order valence-corrected chi connectivity index (χ2v) is 3.80. The number of esters is 1. The highest BCUT2D eigenvalue weighted by molar-refractivity contribution is 5.74. The molecule has 0 N–H and O–H groups in total. The van der Waals surface area contributed by atoms with Crippen molar-refractivity contribution >= 4 is 11.7 Å². The lowest BCUT2D eigenvalue weighted by atomic mass is 9.96. The number of nitro benzene ring substituents is 1. The maximum Gasteiger partial charge on any atom is 0.310 e. The number of rotatable bonds is 5. The number of benzene rings is 1. The third-order valence-corrected chi connectivity index (χ3v) is 2.68. The van der Waals surface area contributed by atoms with Gasteiger partial charge in [-0.1, -0.05) is 13.0 Å². The maximum absolute atomic E-state index is 11.4. The van der Waals surface area contributed by atoms with Crippen LogP contribution >= 0.6 is 0 Å². The van der Waals surface area contributed by atoms with Crippen LogP contribution in [-0.2, 0) is 22.4 Å². The Bertz CT molecular complexity index is 546. The van der Waals surface area contributed by atoms with E-state index in [1.54, 1.807) is 13.8 Å². The smallest absolute Gasteiger partial charge is 0.310 e. The number of nitrogens with zero attached hydrogens (tertiary/aromatic N) is 2. The predicted molar refractivity (Wildman–Crippen MR) is 67.5 cm³/mol. The van der Waals surface area contributed by atoms with E-state index in [1.165, 1.54) is 12.1 Å². The molecule has 6 heteroatoms. The molecule has 0 bridgehead atoms. The summed E-state index contributed by atoms with van der Waals surface area (Å²) in [6, 6.07) is 4.71. The highest BCUT2D eigenvalue weighted by Gasteiger charge is 2.20. The van der Waals surface area contributed by atoms with Gasteiger partial charge < -0.3 is 4.74 Å². The first-order chi connectivity index (χ1) is 9.04. The molecule has 0 saturated carbocycles. The van der Waals surface area contributed by atoms with Crippen LogP contribution in [-0.4, -0.2) is 17.5 Å². The molecule has 0 aliphatic carbocycles. The number of hydrogen-bond donors (Lipinski definition) is 0. The van der Waals surface area contributed by atoms with Crippen molar-refractivity contribution in [1.29, 1.82) is 5.26 Å². The summed E-state index contributed by atoms with van der Waals surface area (Å²) in [5, 5.41) is 20.0. The number of carbonyl (C=O) groups is 1. The summed E-state index contributed by atoms with van der Waals surface area (Å²) >= 11 is 0. The minimum absolute atomic E-state index is 0.0538. The van der Waals surface area contributed by atoms with Crippen molar-refractivity contribution in [2.75, 3.05) is 6.61 Å². The zero-order chi connectivity index (χ0) is 14.4. The minimum Gasteiger partial charge on any atom is -0.466 e. The summed E-state index contributed by atoms with van der Waals surface area (Å²) in [5.41, 5.74) is 0.925. The molecule has 0 radical (unpaired) electrons. The lowest BCUT2D eigenvalue weighted by Gasteiger charge is -2.08. The summed E-state index contributed by atoms with van der Waals surface area (Å²) in [5.74, 6) is -0.449. The molecule has 100 valence electrons. The molecule has 0 saturated heterocycles. The van der Waals surface area contributed by atoms with Gasteiger partial charge in [0.15, 0.2) is 0 Å². The molecule has 0 spiro atoms. The summed E-state index contributed by atoms with van der Waals surface area (Å²) in [4.78, 5) is 21.8. The van der Waals surface area contributed by atoms with Crippen molar-refractivity contribution in [3.63, 3.8) is 0 Å². The fourth-order valence-electron chi connectivity index (χ4n) is 1.87. The standard InChI is InChI=1S/C13H14N2O4/c1-3-10-11(8-14)9(7-13(16)19-4-2)5-6-12(10)15(17)18/h5-6H,3-4,7H2,1-2H3. The van der Waals surface area contributed by atoms with Crippen molar-refractivity contribution in [1.82, 2.24) is 0 Å². The highest BCUT2D eigenvalue weighted by atomic mass is 16.6. The van der Waals surface area contributed by atoms with E-state index in [2.05, 4.69) is 0 Å². The van der Waals surface area contributed by atoms with E-state index in [0.29, 0.717) is 17.5 Å². The Morgan fingerprint density at radius 1 is 1.47 bits per heavy atom. The molecule has 0 aliphatic rings. The van der Waals surface area contributed by atoms with Crippen LogP contribution < -0.4 is 0 Å². The Kier molecular flexibility index (Phi) is 5.01. The Labute approximate surface area is 110 Å². The average Bonchev–Trinajstić information content (AvgIpc) is 2.37. The van der Waals surface area contributed by atoms with Crippen molar-refractivity contribution < 1.29 is 14.5 Å². The monoisotopic (exact) mass is 262 g/mol. The van der Waals surface area contributed by atoms with Gasteiger partial charge in [-0.2, -0.15) is 5.26 Å². The Morgan fingerprint density at radius 2 is 2.16 bits per heavy atom. The van der Waals surface area contributed by atoms with Crippen LogP contribution in [0.15, 0.2) is 12.1 Å². The molecule has 19 heavy (non-hydrogen) atoms. The second-order valence-electron chi connectivity index (χ2n) is 3.80. The van der Waals surface area contributed by atoms with E-state index < -0.39 is 10.9 Å². The molecule has 1 rings (SSSR count). The van der Waals surface area contributed by atoms with Gasteiger partial charge in [0.25, 0.3) is 5.69 Å². The average molecular weight is 262 g/mol. The van der Waals surface area contributed by atoms with Gasteiger partial charge in [0, 0.05) is 11.6 Å². The molecule has 0 amide bonds. The van der Waals surface area contributed by atoms with E-state index in [1.807, 2.05) is 6.07 Å². The first kappa shape index (κ1) is 14.6. The summed E-state index contributed by atoms with van der Waals surface area (Å²) in [6.45, 7) is 3.68. The molecule has 0 atom stereocenters. The van der Waals surface area contributed by atoms with Crippen molar-refractivity contribution in [2.24, 2.45) is 0 Å². The zero-order valence-corrected chi connectivity index (χ0v) is 10.8. The van der Waals surface area contributed by atoms with Gasteiger partial charge in [-0.15, -0.1) is 0 Å². The normalized spacial score (nSPS) is 9.74. The fourth-order valence-corrected chi connectivity index (χ4v) is 1.87. The van der Waals surface area contributed by atoms with Crippen LogP contribution in [0.4, 0.5) is 5.69 Å². The summed E-state index contributed by atoms with van der Waals surface area (Å²) < 4.78 is 4.81. The molecule has 0 heterocycles. The van der Waals surface area contributed by atoms with Gasteiger partial charge >= 0.3 is 5.97 Å². The molecule has 0 unspecified atom stereocenters. The molecule has 0 aromatic heterocycles. The first-order valence-electron chi connectivity index (χ1n) is 5.89. The largest absolute Gasteiger partial charge is 0.466 e. The molecule has 1 aromatic carbocycles. The molecule has 0 fully saturated rings. The molecular weight excluding hydrogens is 248 g/mol. The minimum atomic E-state index is -0.520. The van der Waals surface area contributed by atoms with E-state index in [4.69, 9.17) is 10.00 Å². The first-order valence-corrected chi connectivity index (χ1v) is 5.89. The molecular formula is C13H14N2O4. The lowest BCUT2D eigenvalue weighted by molar-refractivity contribution is -0.385. The molecule has 0 aliphatic heterocycles. The van der Waals surface area contributed by atoms with Gasteiger partial charge in [-0.3, -0.25) is 14.9 Å². The van der Waals surface area contributed by atoms with Gasteiger partial charge in [0.05, 0.1) is 29.6 Å². The van der Waals surface area contributed by atoms with Gasteiger partial charge in [-0.25, -0.2) is 0 Å². The van der Waals surface area contributed by atoms with Crippen LogP contribution in [0.1, 0.15) is 30.5 Å². The van der Waals surface area contributed by atoms with E-state index in [-0.39, 0.29) is 24.3 Å².